The second kappa shape index (κ2) is 5.29. The molecule has 0 saturated carbocycles. The number of halogens is 1. The molecule has 0 aliphatic heterocycles. The van der Waals surface area contributed by atoms with Crippen molar-refractivity contribution in [2.24, 2.45) is 0 Å². The van der Waals surface area contributed by atoms with E-state index in [2.05, 4.69) is 78.0 Å². The van der Waals surface area contributed by atoms with Gasteiger partial charge in [-0.05, 0) is 52.6 Å². The molecule has 0 radical (unpaired) electrons. The van der Waals surface area contributed by atoms with Crippen LogP contribution in [0.3, 0.4) is 0 Å². The topological polar surface area (TPSA) is 26.0 Å². The normalized spacial score (nSPS) is 11.8. The number of thiazole rings is 1. The molecule has 0 unspecified atom stereocenters. The van der Waals surface area contributed by atoms with E-state index in [0.29, 0.717) is 0 Å². The molecule has 0 N–H and O–H groups in total. The van der Waals surface area contributed by atoms with Gasteiger partial charge >= 0.3 is 0 Å². The van der Waals surface area contributed by atoms with Crippen molar-refractivity contribution in [1.82, 2.24) is 4.98 Å². The van der Waals surface area contributed by atoms with Gasteiger partial charge in [-0.15, -0.1) is 11.3 Å². The van der Waals surface area contributed by atoms with E-state index in [1.807, 2.05) is 6.07 Å². The molecule has 4 heteroatoms. The van der Waals surface area contributed by atoms with E-state index in [-0.39, 0.29) is 0 Å². The highest BCUT2D eigenvalue weighted by Gasteiger charge is 2.15. The molecule has 24 heavy (non-hydrogen) atoms. The molecule has 0 fully saturated rings. The molecule has 0 atom stereocenters. The average Bonchev–Trinajstić information content (AvgIpc) is 3.23. The molecule has 116 valence electrons. The fraction of sp³-hybridized carbons (Fsp3) is 0.0500. The number of furan rings is 1. The molecule has 0 spiro atoms. The van der Waals surface area contributed by atoms with Crippen LogP contribution in [0.25, 0.3) is 42.7 Å². The number of nitrogens with zero attached hydrogens (tertiary/aromatic N) is 1. The first-order valence-electron chi connectivity index (χ1n) is 7.68. The molecule has 5 rings (SSSR count). The Bertz CT molecular complexity index is 1200. The summed E-state index contributed by atoms with van der Waals surface area (Å²) in [5.74, 6) is 0.845. The van der Waals surface area contributed by atoms with E-state index >= 15 is 0 Å². The van der Waals surface area contributed by atoms with Crippen LogP contribution in [0.1, 0.15) is 5.56 Å². The summed E-state index contributed by atoms with van der Waals surface area (Å²) in [7, 11) is 0. The lowest BCUT2D eigenvalue weighted by Gasteiger charge is -1.96. The summed E-state index contributed by atoms with van der Waals surface area (Å²) >= 11 is 4.05. The van der Waals surface area contributed by atoms with Crippen molar-refractivity contribution in [3.8, 4) is 10.8 Å². The number of aromatic nitrogens is 1. The minimum atomic E-state index is 0.845. The molecular weight excluding hydrogens is 429 g/mol. The maximum Gasteiger partial charge on any atom is 0.164 e. The molecule has 0 aliphatic rings. The molecule has 0 aliphatic carbocycles. The summed E-state index contributed by atoms with van der Waals surface area (Å²) in [6.07, 6.45) is 0. The highest BCUT2D eigenvalue weighted by Crippen LogP contribution is 2.38. The Balaban J connectivity index is 1.79. The van der Waals surface area contributed by atoms with Crippen molar-refractivity contribution in [3.05, 3.63) is 63.7 Å². The van der Waals surface area contributed by atoms with Crippen molar-refractivity contribution in [1.29, 1.82) is 0 Å². The summed E-state index contributed by atoms with van der Waals surface area (Å²) in [5, 5.41) is 4.40. The van der Waals surface area contributed by atoms with Crippen LogP contribution in [0.15, 0.2) is 59.0 Å². The Hall–Kier alpha value is -1.92. The molecule has 0 bridgehead atoms. The van der Waals surface area contributed by atoms with Gasteiger partial charge in [0.2, 0.25) is 0 Å². The first-order valence-corrected chi connectivity index (χ1v) is 9.57. The maximum absolute atomic E-state index is 6.22. The van der Waals surface area contributed by atoms with Crippen molar-refractivity contribution >= 4 is 65.9 Å². The highest BCUT2D eigenvalue weighted by atomic mass is 127. The zero-order valence-electron chi connectivity index (χ0n) is 12.8. The van der Waals surface area contributed by atoms with Gasteiger partial charge in [0, 0.05) is 14.3 Å². The average molecular weight is 441 g/mol. The largest absolute Gasteiger partial charge is 0.453 e. The number of benzene rings is 3. The molecule has 2 nitrogen and oxygen atoms in total. The fourth-order valence-corrected chi connectivity index (χ4v) is 4.85. The Kier molecular flexibility index (Phi) is 3.18. The zero-order valence-corrected chi connectivity index (χ0v) is 15.8. The quantitative estimate of drug-likeness (QED) is 0.268. The third-order valence-electron chi connectivity index (χ3n) is 4.31. The van der Waals surface area contributed by atoms with Gasteiger partial charge in [0.15, 0.2) is 10.8 Å². The minimum Gasteiger partial charge on any atom is -0.453 e. The fourth-order valence-electron chi connectivity index (χ4n) is 3.08. The SMILES string of the molecule is Cc1ccc(I)c2nc(-c3cc4ccc5ccccc5c4o3)sc12. The van der Waals surface area contributed by atoms with Crippen molar-refractivity contribution < 1.29 is 4.42 Å². The van der Waals surface area contributed by atoms with E-state index in [1.165, 1.54) is 19.2 Å². The molecule has 3 aromatic carbocycles. The predicted molar refractivity (Wildman–Crippen MR) is 110 cm³/mol. The van der Waals surface area contributed by atoms with Crippen molar-refractivity contribution in [2.75, 3.05) is 0 Å². The number of hydrogen-bond acceptors (Lipinski definition) is 3. The Morgan fingerprint density at radius 3 is 2.71 bits per heavy atom. The lowest BCUT2D eigenvalue weighted by atomic mass is 10.1. The summed E-state index contributed by atoms with van der Waals surface area (Å²) in [4.78, 5) is 4.84. The highest BCUT2D eigenvalue weighted by molar-refractivity contribution is 14.1. The van der Waals surface area contributed by atoms with E-state index in [1.54, 1.807) is 11.3 Å². The third-order valence-corrected chi connectivity index (χ3v) is 6.39. The van der Waals surface area contributed by atoms with Gasteiger partial charge in [0.05, 0.1) is 10.2 Å². The Morgan fingerprint density at radius 2 is 1.83 bits per heavy atom. The monoisotopic (exact) mass is 441 g/mol. The van der Waals surface area contributed by atoms with Gasteiger partial charge < -0.3 is 4.42 Å². The van der Waals surface area contributed by atoms with Gasteiger partial charge in [-0.3, -0.25) is 0 Å². The zero-order chi connectivity index (χ0) is 16.3. The Morgan fingerprint density at radius 1 is 1.00 bits per heavy atom. The third kappa shape index (κ3) is 2.09. The lowest BCUT2D eigenvalue weighted by molar-refractivity contribution is 0.634. The summed E-state index contributed by atoms with van der Waals surface area (Å²) in [6.45, 7) is 2.13. The number of aryl methyl sites for hydroxylation is 1. The van der Waals surface area contributed by atoms with Crippen LogP contribution in [0, 0.1) is 10.5 Å². The van der Waals surface area contributed by atoms with E-state index in [9.17, 15) is 0 Å². The smallest absolute Gasteiger partial charge is 0.164 e. The van der Waals surface area contributed by atoms with Crippen LogP contribution in [0.4, 0.5) is 0 Å². The second-order valence-electron chi connectivity index (χ2n) is 5.88. The van der Waals surface area contributed by atoms with Crippen molar-refractivity contribution in [3.63, 3.8) is 0 Å². The number of hydrogen-bond donors (Lipinski definition) is 0. The number of rotatable bonds is 1. The van der Waals surface area contributed by atoms with Crippen LogP contribution in [-0.2, 0) is 0 Å². The lowest BCUT2D eigenvalue weighted by Crippen LogP contribution is -1.78. The first-order chi connectivity index (χ1) is 11.7. The molecule has 0 saturated heterocycles. The molecule has 0 amide bonds. The maximum atomic E-state index is 6.22. The van der Waals surface area contributed by atoms with Gasteiger partial charge in [-0.1, -0.05) is 42.5 Å². The summed E-state index contributed by atoms with van der Waals surface area (Å²) in [6, 6.07) is 18.9. The molecule has 2 aromatic heterocycles. The summed E-state index contributed by atoms with van der Waals surface area (Å²) < 4.78 is 8.64. The standard InChI is InChI=1S/C20H12INOS/c1-11-6-9-15(21)17-19(11)24-20(22-17)16-10-13-8-7-12-4-2-3-5-14(12)18(13)23-16/h2-10H,1H3. The van der Waals surface area contributed by atoms with E-state index in [0.717, 1.165) is 32.6 Å². The molecule has 5 aromatic rings. The molecular formula is C20H12INOS. The first kappa shape index (κ1) is 14.4. The van der Waals surface area contributed by atoms with E-state index in [4.69, 9.17) is 9.40 Å². The van der Waals surface area contributed by atoms with E-state index < -0.39 is 0 Å². The van der Waals surface area contributed by atoms with Crippen LogP contribution >= 0.6 is 33.9 Å². The summed E-state index contributed by atoms with van der Waals surface area (Å²) in [5.41, 5.74) is 3.27. The number of fused-ring (bicyclic) bond motifs is 4. The van der Waals surface area contributed by atoms with Gasteiger partial charge in [0.1, 0.15) is 5.58 Å². The Labute approximate surface area is 156 Å². The van der Waals surface area contributed by atoms with Crippen molar-refractivity contribution in [2.45, 2.75) is 6.92 Å². The predicted octanol–water partition coefficient (Wildman–Crippen LogP) is 6.78. The minimum absolute atomic E-state index is 0.845. The van der Waals surface area contributed by atoms with Crippen LogP contribution in [-0.4, -0.2) is 4.98 Å². The van der Waals surface area contributed by atoms with Crippen LogP contribution in [0.2, 0.25) is 0 Å². The van der Waals surface area contributed by atoms with Crippen LogP contribution in [0.5, 0.6) is 0 Å². The van der Waals surface area contributed by atoms with Gasteiger partial charge in [0.25, 0.3) is 0 Å². The van der Waals surface area contributed by atoms with Gasteiger partial charge in [-0.25, -0.2) is 4.98 Å². The van der Waals surface area contributed by atoms with Gasteiger partial charge in [-0.2, -0.15) is 0 Å². The second-order valence-corrected chi connectivity index (χ2v) is 8.04. The van der Waals surface area contributed by atoms with Crippen LogP contribution < -0.4 is 0 Å². The molecule has 2 heterocycles.